The second-order valence-electron chi connectivity index (χ2n) is 12.5. The molecule has 0 radical (unpaired) electrons. The van der Waals surface area contributed by atoms with Crippen LogP contribution in [0.3, 0.4) is 0 Å². The van der Waals surface area contributed by atoms with Crippen molar-refractivity contribution in [3.05, 3.63) is 143 Å². The van der Waals surface area contributed by atoms with Gasteiger partial charge in [0.1, 0.15) is 49.4 Å². The van der Waals surface area contributed by atoms with E-state index in [9.17, 15) is 28.8 Å². The zero-order chi connectivity index (χ0) is 40.8. The average molecular weight is 763 g/mol. The Balaban J connectivity index is 1.54. The lowest BCUT2D eigenvalue weighted by molar-refractivity contribution is -0.140. The smallest absolute Gasteiger partial charge is 0.339 e. The number of hydrogen-bond acceptors (Lipinski definition) is 12. The predicted octanol–water partition coefficient (Wildman–Crippen LogP) is 8.01. The lowest BCUT2D eigenvalue weighted by Crippen LogP contribution is -2.17. The number of rotatable bonds is 19. The zero-order valence-corrected chi connectivity index (χ0v) is 31.6. The summed E-state index contributed by atoms with van der Waals surface area (Å²) in [6, 6.07) is 23.1. The highest BCUT2D eigenvalue weighted by Gasteiger charge is 2.22. The van der Waals surface area contributed by atoms with Crippen LogP contribution in [-0.2, 0) is 41.4 Å². The van der Waals surface area contributed by atoms with Gasteiger partial charge in [-0.3, -0.25) is 9.59 Å². The number of carbonyl (C=O) groups is 6. The lowest BCUT2D eigenvalue weighted by atomic mass is 9.98. The summed E-state index contributed by atoms with van der Waals surface area (Å²) in [5.41, 5.74) is 2.08. The molecule has 4 aromatic rings. The third kappa shape index (κ3) is 12.1. The van der Waals surface area contributed by atoms with Crippen molar-refractivity contribution in [1.82, 2.24) is 0 Å². The molecule has 0 saturated heterocycles. The summed E-state index contributed by atoms with van der Waals surface area (Å²) in [6.07, 6.45) is 0.852. The van der Waals surface area contributed by atoms with Crippen molar-refractivity contribution in [2.45, 2.75) is 40.5 Å². The van der Waals surface area contributed by atoms with Crippen molar-refractivity contribution in [1.29, 1.82) is 0 Å². The van der Waals surface area contributed by atoms with Crippen LogP contribution in [0.25, 0.3) is 0 Å². The summed E-state index contributed by atoms with van der Waals surface area (Å²) in [5, 5.41) is 0. The Morgan fingerprint density at radius 1 is 0.482 bits per heavy atom. The molecule has 0 saturated carbocycles. The van der Waals surface area contributed by atoms with Crippen LogP contribution < -0.4 is 9.47 Å². The van der Waals surface area contributed by atoms with Gasteiger partial charge in [-0.25, -0.2) is 19.2 Å². The van der Waals surface area contributed by atoms with Crippen molar-refractivity contribution in [2.24, 2.45) is 0 Å². The number of carbonyl (C=O) groups excluding carboxylic acids is 6. The number of benzene rings is 4. The molecule has 56 heavy (non-hydrogen) atoms. The first-order valence-electron chi connectivity index (χ1n) is 17.6. The fourth-order valence-corrected chi connectivity index (χ4v) is 5.02. The Kier molecular flexibility index (Phi) is 15.0. The highest BCUT2D eigenvalue weighted by Crippen LogP contribution is 2.29. The van der Waals surface area contributed by atoms with Crippen LogP contribution in [0, 0.1) is 0 Å². The minimum Gasteiger partial charge on any atom is -0.459 e. The van der Waals surface area contributed by atoms with Gasteiger partial charge in [-0.2, -0.15) is 0 Å². The summed E-state index contributed by atoms with van der Waals surface area (Å²) in [5.74, 6) is -2.40. The van der Waals surface area contributed by atoms with Gasteiger partial charge in [0.15, 0.2) is 11.6 Å². The maximum absolute atomic E-state index is 13.7. The van der Waals surface area contributed by atoms with Gasteiger partial charge in [-0.1, -0.05) is 44.3 Å². The molecule has 0 aliphatic heterocycles. The standard InChI is InChI=1S/C44H42O12/c1-7-30-8-12-32(13-9-30)55-33-14-10-31(11-15-33)24-40(46)37-19-17-35(26-39(37)44(50)54-23-21-52-42(48)28(4)5)56-34-16-18-36(29(6)45)38(25-34)43(49)53-22-20-51-41(47)27(2)3/h8-19,25-26H,2,4,7,20-24H2,1,3,5-6H3. The SMILES string of the molecule is C=C(C)C(=O)OCCOC(=O)c1cc(Oc2ccc(C(=O)Cc3ccc(Oc4ccc(CC)cc4)cc3)c(C(=O)OCCOC(=O)C(=C)C)c2)ccc1C(C)=O. The van der Waals surface area contributed by atoms with Crippen LogP contribution in [0.1, 0.15) is 80.3 Å². The average Bonchev–Trinajstić information content (AvgIpc) is 3.18. The number of hydrogen-bond donors (Lipinski definition) is 0. The second-order valence-corrected chi connectivity index (χ2v) is 12.5. The minimum absolute atomic E-state index is 0.0427. The molecular weight excluding hydrogens is 720 g/mol. The fraction of sp³-hybridized carbons (Fsp3) is 0.227. The Labute approximate surface area is 324 Å². The summed E-state index contributed by atoms with van der Waals surface area (Å²) in [4.78, 5) is 75.7. The highest BCUT2D eigenvalue weighted by atomic mass is 16.6. The van der Waals surface area contributed by atoms with E-state index in [2.05, 4.69) is 20.1 Å². The summed E-state index contributed by atoms with van der Waals surface area (Å²) >= 11 is 0. The van der Waals surface area contributed by atoms with Gasteiger partial charge in [-0.05, 0) is 99.0 Å². The monoisotopic (exact) mass is 762 g/mol. The molecule has 4 rings (SSSR count). The maximum Gasteiger partial charge on any atom is 0.339 e. The molecule has 0 N–H and O–H groups in total. The molecule has 0 aliphatic rings. The van der Waals surface area contributed by atoms with Crippen LogP contribution in [0.2, 0.25) is 0 Å². The number of esters is 4. The first-order valence-corrected chi connectivity index (χ1v) is 17.6. The second kappa shape index (κ2) is 20.0. The molecule has 0 aliphatic carbocycles. The molecule has 290 valence electrons. The van der Waals surface area contributed by atoms with Gasteiger partial charge in [0.05, 0.1) is 11.1 Å². The Morgan fingerprint density at radius 2 is 0.875 bits per heavy atom. The van der Waals surface area contributed by atoms with Crippen molar-refractivity contribution in [3.63, 3.8) is 0 Å². The van der Waals surface area contributed by atoms with Crippen LogP contribution in [0.5, 0.6) is 23.0 Å². The molecule has 0 atom stereocenters. The Hall–Kier alpha value is -6.82. The van der Waals surface area contributed by atoms with Gasteiger partial charge in [-0.15, -0.1) is 0 Å². The number of aryl methyl sites for hydroxylation is 1. The molecule has 12 nitrogen and oxygen atoms in total. The van der Waals surface area contributed by atoms with E-state index in [1.807, 2.05) is 24.3 Å². The van der Waals surface area contributed by atoms with Gasteiger partial charge in [0.25, 0.3) is 0 Å². The van der Waals surface area contributed by atoms with Gasteiger partial charge >= 0.3 is 23.9 Å². The third-order valence-corrected chi connectivity index (χ3v) is 7.99. The van der Waals surface area contributed by atoms with E-state index in [0.717, 1.165) is 6.42 Å². The van der Waals surface area contributed by atoms with Crippen molar-refractivity contribution in [2.75, 3.05) is 26.4 Å². The molecular formula is C44H42O12. The third-order valence-electron chi connectivity index (χ3n) is 7.99. The maximum atomic E-state index is 13.7. The number of ether oxygens (including phenoxy) is 6. The lowest BCUT2D eigenvalue weighted by Gasteiger charge is -2.14. The van der Waals surface area contributed by atoms with E-state index in [1.54, 1.807) is 24.3 Å². The molecule has 0 bridgehead atoms. The van der Waals surface area contributed by atoms with Crippen molar-refractivity contribution >= 4 is 35.4 Å². The molecule has 0 aromatic heterocycles. The molecule has 0 heterocycles. The van der Waals surface area contributed by atoms with Crippen molar-refractivity contribution in [3.8, 4) is 23.0 Å². The van der Waals surface area contributed by atoms with Crippen LogP contribution in [-0.4, -0.2) is 61.9 Å². The van der Waals surface area contributed by atoms with E-state index >= 15 is 0 Å². The predicted molar refractivity (Wildman–Crippen MR) is 205 cm³/mol. The van der Waals surface area contributed by atoms with Crippen LogP contribution in [0.15, 0.2) is 109 Å². The summed E-state index contributed by atoms with van der Waals surface area (Å²) in [6.45, 7) is 12.3. The van der Waals surface area contributed by atoms with E-state index in [0.29, 0.717) is 17.1 Å². The number of Topliss-reactive ketones (excluding diaryl/α,β-unsaturated/α-hetero) is 2. The highest BCUT2D eigenvalue weighted by molar-refractivity contribution is 6.07. The van der Waals surface area contributed by atoms with E-state index in [1.165, 1.54) is 62.7 Å². The summed E-state index contributed by atoms with van der Waals surface area (Å²) in [7, 11) is 0. The first kappa shape index (κ1) is 41.9. The largest absolute Gasteiger partial charge is 0.459 e. The molecule has 0 amide bonds. The molecule has 0 spiro atoms. The topological polar surface area (TPSA) is 158 Å². The van der Waals surface area contributed by atoms with Gasteiger partial charge in [0, 0.05) is 28.7 Å². The van der Waals surface area contributed by atoms with E-state index in [-0.39, 0.29) is 77.7 Å². The first-order chi connectivity index (χ1) is 26.7. The minimum atomic E-state index is -0.883. The normalized spacial score (nSPS) is 10.4. The van der Waals surface area contributed by atoms with Crippen LogP contribution in [0.4, 0.5) is 0 Å². The van der Waals surface area contributed by atoms with Gasteiger partial charge < -0.3 is 28.4 Å². The zero-order valence-electron chi connectivity index (χ0n) is 31.6. The molecule has 4 aromatic carbocycles. The summed E-state index contributed by atoms with van der Waals surface area (Å²) < 4.78 is 32.4. The molecule has 0 unspecified atom stereocenters. The van der Waals surface area contributed by atoms with Crippen LogP contribution >= 0.6 is 0 Å². The Morgan fingerprint density at radius 3 is 1.32 bits per heavy atom. The quantitative estimate of drug-likeness (QED) is 0.0298. The Bertz CT molecular complexity index is 2130. The van der Waals surface area contributed by atoms with Crippen molar-refractivity contribution < 1.29 is 57.2 Å². The molecule has 12 heteroatoms. The van der Waals surface area contributed by atoms with Gasteiger partial charge in [0.2, 0.25) is 0 Å². The number of ketones is 2. The van der Waals surface area contributed by atoms with E-state index in [4.69, 9.17) is 28.4 Å². The fourth-order valence-electron chi connectivity index (χ4n) is 5.02. The molecule has 0 fully saturated rings. The van der Waals surface area contributed by atoms with E-state index < -0.39 is 35.4 Å².